The van der Waals surface area contributed by atoms with Crippen LogP contribution in [-0.2, 0) is 11.2 Å². The summed E-state index contributed by atoms with van der Waals surface area (Å²) in [5.74, 6) is 1.22. The van der Waals surface area contributed by atoms with Crippen LogP contribution in [0.25, 0.3) is 0 Å². The molecule has 0 fully saturated rings. The number of carbonyl (C=O) groups excluding carboxylic acids is 1. The molecule has 0 unspecified atom stereocenters. The molecule has 0 bridgehead atoms. The Labute approximate surface area is 162 Å². The Balaban J connectivity index is 1.51. The predicted octanol–water partition coefficient (Wildman–Crippen LogP) is 3.77. The van der Waals surface area contributed by atoms with Crippen LogP contribution in [0.4, 0.5) is 5.13 Å². The van der Waals surface area contributed by atoms with Gasteiger partial charge in [0.05, 0.1) is 7.11 Å². The molecule has 3 aromatic rings. The molecule has 0 spiro atoms. The van der Waals surface area contributed by atoms with Crippen molar-refractivity contribution in [1.82, 2.24) is 10.2 Å². The fourth-order valence-electron chi connectivity index (χ4n) is 2.40. The van der Waals surface area contributed by atoms with E-state index in [2.05, 4.69) is 15.5 Å². The zero-order valence-corrected chi connectivity index (χ0v) is 16.3. The van der Waals surface area contributed by atoms with Crippen molar-refractivity contribution in [2.45, 2.75) is 20.3 Å². The van der Waals surface area contributed by atoms with Crippen LogP contribution >= 0.6 is 11.3 Å². The lowest BCUT2D eigenvalue weighted by molar-refractivity contribution is -0.118. The second-order valence-electron chi connectivity index (χ2n) is 6.11. The van der Waals surface area contributed by atoms with Gasteiger partial charge in [0.1, 0.15) is 16.5 Å². The molecule has 1 heterocycles. The lowest BCUT2D eigenvalue weighted by Gasteiger charge is -2.07. The second kappa shape index (κ2) is 8.64. The van der Waals surface area contributed by atoms with E-state index in [1.54, 1.807) is 7.11 Å². The number of nitrogens with zero attached hydrogens (tertiary/aromatic N) is 2. The van der Waals surface area contributed by atoms with Gasteiger partial charge in [-0.3, -0.25) is 10.1 Å². The van der Waals surface area contributed by atoms with Crippen LogP contribution in [0.5, 0.6) is 11.5 Å². The van der Waals surface area contributed by atoms with Gasteiger partial charge in [-0.05, 0) is 54.8 Å². The molecular formula is C20H21N3O3S. The summed E-state index contributed by atoms with van der Waals surface area (Å²) < 4.78 is 10.7. The van der Waals surface area contributed by atoms with E-state index in [1.165, 1.54) is 16.9 Å². The number of ether oxygens (including phenoxy) is 2. The molecule has 27 heavy (non-hydrogen) atoms. The van der Waals surface area contributed by atoms with Crippen molar-refractivity contribution in [1.29, 1.82) is 0 Å². The van der Waals surface area contributed by atoms with Crippen LogP contribution in [0.15, 0.2) is 42.5 Å². The smallest absolute Gasteiger partial charge is 0.264 e. The van der Waals surface area contributed by atoms with E-state index in [0.717, 1.165) is 21.9 Å². The summed E-state index contributed by atoms with van der Waals surface area (Å²) in [6.07, 6.45) is 0.649. The Morgan fingerprint density at radius 2 is 1.78 bits per heavy atom. The van der Waals surface area contributed by atoms with E-state index in [4.69, 9.17) is 9.47 Å². The number of carbonyl (C=O) groups is 1. The van der Waals surface area contributed by atoms with Gasteiger partial charge < -0.3 is 9.47 Å². The van der Waals surface area contributed by atoms with E-state index in [0.29, 0.717) is 17.3 Å². The van der Waals surface area contributed by atoms with Crippen molar-refractivity contribution in [3.63, 3.8) is 0 Å². The number of aromatic nitrogens is 2. The highest BCUT2D eigenvalue weighted by Gasteiger charge is 2.10. The van der Waals surface area contributed by atoms with Crippen LogP contribution < -0.4 is 14.8 Å². The Hall–Kier alpha value is -2.93. The number of hydrogen-bond acceptors (Lipinski definition) is 6. The molecule has 0 saturated heterocycles. The zero-order chi connectivity index (χ0) is 19.2. The topological polar surface area (TPSA) is 73.3 Å². The van der Waals surface area contributed by atoms with Gasteiger partial charge >= 0.3 is 0 Å². The average molecular weight is 383 g/mol. The van der Waals surface area contributed by atoms with E-state index in [-0.39, 0.29) is 12.5 Å². The molecule has 0 aliphatic carbocycles. The Morgan fingerprint density at radius 3 is 2.48 bits per heavy atom. The maximum atomic E-state index is 12.1. The highest BCUT2D eigenvalue weighted by molar-refractivity contribution is 7.15. The minimum absolute atomic E-state index is 0.0735. The molecule has 0 saturated carbocycles. The third kappa shape index (κ3) is 5.27. The first kappa shape index (κ1) is 18.8. The van der Waals surface area contributed by atoms with Gasteiger partial charge in [-0.15, -0.1) is 10.2 Å². The molecule has 0 aliphatic heterocycles. The maximum Gasteiger partial charge on any atom is 0.264 e. The molecule has 7 heteroatoms. The number of amides is 1. The highest BCUT2D eigenvalue weighted by atomic mass is 32.1. The molecule has 6 nitrogen and oxygen atoms in total. The van der Waals surface area contributed by atoms with Crippen LogP contribution in [0.2, 0.25) is 0 Å². The lowest BCUT2D eigenvalue weighted by Crippen LogP contribution is -2.20. The minimum Gasteiger partial charge on any atom is -0.497 e. The van der Waals surface area contributed by atoms with Gasteiger partial charge in [-0.1, -0.05) is 29.5 Å². The first-order valence-electron chi connectivity index (χ1n) is 8.48. The quantitative estimate of drug-likeness (QED) is 0.672. The summed E-state index contributed by atoms with van der Waals surface area (Å²) >= 11 is 1.35. The fraction of sp³-hybridized carbons (Fsp3) is 0.250. The molecule has 0 radical (unpaired) electrons. The van der Waals surface area contributed by atoms with E-state index >= 15 is 0 Å². The van der Waals surface area contributed by atoms with Crippen molar-refractivity contribution in [3.05, 3.63) is 64.2 Å². The van der Waals surface area contributed by atoms with Gasteiger partial charge in [0.25, 0.3) is 5.91 Å². The number of benzene rings is 2. The molecule has 2 aromatic carbocycles. The fourth-order valence-corrected chi connectivity index (χ4v) is 3.19. The summed E-state index contributed by atoms with van der Waals surface area (Å²) in [4.78, 5) is 12.1. The normalized spacial score (nSPS) is 10.5. The van der Waals surface area contributed by atoms with Crippen LogP contribution in [0.3, 0.4) is 0 Å². The average Bonchev–Trinajstić information content (AvgIpc) is 3.10. The van der Waals surface area contributed by atoms with Gasteiger partial charge in [-0.2, -0.15) is 0 Å². The Kier molecular flexibility index (Phi) is 6.03. The number of nitrogens with one attached hydrogen (secondary N) is 1. The minimum atomic E-state index is -0.264. The molecule has 0 aliphatic rings. The van der Waals surface area contributed by atoms with Crippen molar-refractivity contribution in [3.8, 4) is 11.5 Å². The van der Waals surface area contributed by atoms with E-state index in [1.807, 2.05) is 56.3 Å². The summed E-state index contributed by atoms with van der Waals surface area (Å²) in [6, 6.07) is 13.5. The van der Waals surface area contributed by atoms with Crippen molar-refractivity contribution in [2.75, 3.05) is 19.0 Å². The van der Waals surface area contributed by atoms with Gasteiger partial charge in [0.2, 0.25) is 5.13 Å². The number of anilines is 1. The summed E-state index contributed by atoms with van der Waals surface area (Å²) in [6.45, 7) is 3.97. The van der Waals surface area contributed by atoms with Crippen LogP contribution in [0, 0.1) is 13.8 Å². The van der Waals surface area contributed by atoms with Gasteiger partial charge in [0.15, 0.2) is 6.61 Å². The third-order valence-corrected chi connectivity index (χ3v) is 4.91. The zero-order valence-electron chi connectivity index (χ0n) is 15.5. The van der Waals surface area contributed by atoms with Crippen molar-refractivity contribution >= 4 is 22.4 Å². The summed E-state index contributed by atoms with van der Waals surface area (Å²) in [5, 5.41) is 12.2. The third-order valence-electron chi connectivity index (χ3n) is 4.08. The summed E-state index contributed by atoms with van der Waals surface area (Å²) in [5.41, 5.74) is 3.41. The monoisotopic (exact) mass is 383 g/mol. The number of aryl methyl sites for hydroxylation is 2. The van der Waals surface area contributed by atoms with Crippen molar-refractivity contribution in [2.24, 2.45) is 0 Å². The largest absolute Gasteiger partial charge is 0.497 e. The first-order chi connectivity index (χ1) is 13.0. The summed E-state index contributed by atoms with van der Waals surface area (Å²) in [7, 11) is 1.64. The van der Waals surface area contributed by atoms with Gasteiger partial charge in [0, 0.05) is 6.42 Å². The van der Waals surface area contributed by atoms with Gasteiger partial charge in [-0.25, -0.2) is 0 Å². The Bertz CT molecular complexity index is 922. The maximum absolute atomic E-state index is 12.1. The number of methoxy groups -OCH3 is 1. The SMILES string of the molecule is COc1ccc(Cc2nnc(NC(=O)COc3ccc(C)c(C)c3)s2)cc1. The Morgan fingerprint density at radius 1 is 1.04 bits per heavy atom. The van der Waals surface area contributed by atoms with Crippen LogP contribution in [0.1, 0.15) is 21.7 Å². The molecule has 1 aromatic heterocycles. The highest BCUT2D eigenvalue weighted by Crippen LogP contribution is 2.20. The van der Waals surface area contributed by atoms with E-state index in [9.17, 15) is 4.79 Å². The second-order valence-corrected chi connectivity index (χ2v) is 7.17. The molecule has 0 atom stereocenters. The number of rotatable bonds is 7. The molecule has 3 rings (SSSR count). The predicted molar refractivity (Wildman–Crippen MR) is 106 cm³/mol. The molecule has 1 amide bonds. The first-order valence-corrected chi connectivity index (χ1v) is 9.30. The molecule has 140 valence electrons. The van der Waals surface area contributed by atoms with Crippen LogP contribution in [-0.4, -0.2) is 29.8 Å². The van der Waals surface area contributed by atoms with Crippen molar-refractivity contribution < 1.29 is 14.3 Å². The molecular weight excluding hydrogens is 362 g/mol. The van der Waals surface area contributed by atoms with E-state index < -0.39 is 0 Å². The standard InChI is InChI=1S/C20H21N3O3S/c1-13-4-7-17(10-14(13)2)26-12-18(24)21-20-23-22-19(27-20)11-15-5-8-16(25-3)9-6-15/h4-10H,11-12H2,1-3H3,(H,21,23,24). The molecule has 1 N–H and O–H groups in total. The lowest BCUT2D eigenvalue weighted by atomic mass is 10.1. The number of hydrogen-bond donors (Lipinski definition) is 1.